The molecular weight excluding hydrogens is 206 g/mol. The van der Waals surface area contributed by atoms with Crippen LogP contribution in [0.15, 0.2) is 43.1 Å². The summed E-state index contributed by atoms with van der Waals surface area (Å²) in [7, 11) is 0. The Bertz CT molecular complexity index is 607. The van der Waals surface area contributed by atoms with Crippen molar-refractivity contribution < 1.29 is 4.74 Å². The van der Waals surface area contributed by atoms with Crippen LogP contribution in [0.3, 0.4) is 0 Å². The highest BCUT2D eigenvalue weighted by molar-refractivity contribution is 5.31. The molecule has 3 rings (SSSR count). The van der Waals surface area contributed by atoms with Gasteiger partial charge in [0.2, 0.25) is 5.88 Å². The predicted octanol–water partition coefficient (Wildman–Crippen LogP) is 1.31. The molecule has 0 aliphatic heterocycles. The van der Waals surface area contributed by atoms with E-state index in [9.17, 15) is 0 Å². The number of rotatable bonds is 2. The Labute approximate surface area is 90.6 Å². The molecule has 6 nitrogen and oxygen atoms in total. The molecule has 0 saturated carbocycles. The van der Waals surface area contributed by atoms with Crippen LogP contribution < -0.4 is 4.74 Å². The molecule has 0 unspecified atom stereocenters. The molecule has 3 aromatic heterocycles. The molecule has 0 spiro atoms. The molecular formula is C10H7N5O. The molecule has 16 heavy (non-hydrogen) atoms. The summed E-state index contributed by atoms with van der Waals surface area (Å²) in [6.45, 7) is 0. The zero-order valence-corrected chi connectivity index (χ0v) is 8.19. The fourth-order valence-electron chi connectivity index (χ4n) is 1.28. The maximum Gasteiger partial charge on any atom is 0.255 e. The molecule has 0 N–H and O–H groups in total. The monoisotopic (exact) mass is 213 g/mol. The first kappa shape index (κ1) is 8.78. The second-order valence-corrected chi connectivity index (χ2v) is 3.06. The summed E-state index contributed by atoms with van der Waals surface area (Å²) in [4.78, 5) is 12.0. The molecule has 6 heteroatoms. The summed E-state index contributed by atoms with van der Waals surface area (Å²) in [6.07, 6.45) is 6.50. The van der Waals surface area contributed by atoms with E-state index < -0.39 is 0 Å². The van der Waals surface area contributed by atoms with E-state index in [1.165, 1.54) is 6.33 Å². The lowest BCUT2D eigenvalue weighted by Crippen LogP contribution is -1.93. The Morgan fingerprint density at radius 3 is 2.88 bits per heavy atom. The van der Waals surface area contributed by atoms with Gasteiger partial charge in [0.1, 0.15) is 12.1 Å². The smallest absolute Gasteiger partial charge is 0.255 e. The van der Waals surface area contributed by atoms with Gasteiger partial charge in [-0.1, -0.05) is 0 Å². The van der Waals surface area contributed by atoms with E-state index in [-0.39, 0.29) is 0 Å². The maximum absolute atomic E-state index is 5.52. The van der Waals surface area contributed by atoms with Gasteiger partial charge in [-0.05, 0) is 12.1 Å². The van der Waals surface area contributed by atoms with Gasteiger partial charge in [0.05, 0.1) is 0 Å². The Kier molecular flexibility index (Phi) is 1.96. The van der Waals surface area contributed by atoms with Crippen LogP contribution in [-0.4, -0.2) is 24.6 Å². The predicted molar refractivity (Wildman–Crippen MR) is 55.1 cm³/mol. The van der Waals surface area contributed by atoms with E-state index in [1.54, 1.807) is 41.3 Å². The molecule has 0 amide bonds. The van der Waals surface area contributed by atoms with Gasteiger partial charge in [0.15, 0.2) is 0 Å². The molecule has 0 saturated heterocycles. The molecule has 0 fully saturated rings. The summed E-state index contributed by atoms with van der Waals surface area (Å²) in [5.74, 6) is 1.67. The van der Waals surface area contributed by atoms with Gasteiger partial charge < -0.3 is 4.74 Å². The zero-order valence-electron chi connectivity index (χ0n) is 8.19. The molecule has 0 radical (unpaired) electrons. The lowest BCUT2D eigenvalue weighted by atomic mass is 10.4. The molecule has 0 aromatic carbocycles. The number of hydrogen-bond donors (Lipinski definition) is 0. The van der Waals surface area contributed by atoms with Crippen LogP contribution in [0.5, 0.6) is 11.6 Å². The summed E-state index contributed by atoms with van der Waals surface area (Å²) < 4.78 is 7.09. The highest BCUT2D eigenvalue weighted by Gasteiger charge is 2.01. The molecule has 0 aliphatic carbocycles. The average Bonchev–Trinajstić information content (AvgIpc) is 2.77. The topological polar surface area (TPSA) is 65.2 Å². The Hall–Kier alpha value is -2.50. The highest BCUT2D eigenvalue weighted by Crippen LogP contribution is 2.17. The fourth-order valence-corrected chi connectivity index (χ4v) is 1.28. The fraction of sp³-hybridized carbons (Fsp3) is 0. The molecule has 0 aliphatic rings. The van der Waals surface area contributed by atoms with Crippen molar-refractivity contribution in [3.05, 3.63) is 43.1 Å². The SMILES string of the molecule is c1cc(Oc2ccn3ncnc3n2)ccn1. The van der Waals surface area contributed by atoms with Gasteiger partial charge in [-0.15, -0.1) is 0 Å². The molecule has 78 valence electrons. The maximum atomic E-state index is 5.52. The first-order chi connectivity index (χ1) is 7.92. The number of fused-ring (bicyclic) bond motifs is 1. The standard InChI is InChI=1S/C10H7N5O/c1-4-11-5-2-8(1)16-9-3-6-15-10(14-9)12-7-13-15/h1-7H. The van der Waals surface area contributed by atoms with Crippen molar-refractivity contribution >= 4 is 5.78 Å². The van der Waals surface area contributed by atoms with Crippen LogP contribution in [0.25, 0.3) is 5.78 Å². The zero-order chi connectivity index (χ0) is 10.8. The highest BCUT2D eigenvalue weighted by atomic mass is 16.5. The Morgan fingerprint density at radius 1 is 1.12 bits per heavy atom. The lowest BCUT2D eigenvalue weighted by molar-refractivity contribution is 0.462. The summed E-state index contributed by atoms with van der Waals surface area (Å²) in [6, 6.07) is 5.24. The number of aromatic nitrogens is 5. The first-order valence-electron chi connectivity index (χ1n) is 4.66. The van der Waals surface area contributed by atoms with Crippen molar-refractivity contribution in [2.45, 2.75) is 0 Å². The van der Waals surface area contributed by atoms with E-state index in [0.29, 0.717) is 17.4 Å². The van der Waals surface area contributed by atoms with Crippen molar-refractivity contribution in [3.8, 4) is 11.6 Å². The van der Waals surface area contributed by atoms with E-state index >= 15 is 0 Å². The van der Waals surface area contributed by atoms with Gasteiger partial charge in [-0.3, -0.25) is 4.98 Å². The van der Waals surface area contributed by atoms with Gasteiger partial charge in [0.25, 0.3) is 5.78 Å². The first-order valence-corrected chi connectivity index (χ1v) is 4.66. The summed E-state index contributed by atoms with van der Waals surface area (Å²) in [5, 5.41) is 3.94. The second kappa shape index (κ2) is 3.58. The number of pyridine rings is 1. The average molecular weight is 213 g/mol. The third-order valence-corrected chi connectivity index (χ3v) is 1.99. The Balaban J connectivity index is 1.94. The number of nitrogens with zero attached hydrogens (tertiary/aromatic N) is 5. The van der Waals surface area contributed by atoms with Crippen molar-refractivity contribution in [3.63, 3.8) is 0 Å². The minimum absolute atomic E-state index is 0.478. The van der Waals surface area contributed by atoms with Crippen LogP contribution >= 0.6 is 0 Å². The van der Waals surface area contributed by atoms with E-state index in [1.807, 2.05) is 0 Å². The summed E-state index contributed by atoms with van der Waals surface area (Å²) >= 11 is 0. The third-order valence-electron chi connectivity index (χ3n) is 1.99. The largest absolute Gasteiger partial charge is 0.439 e. The van der Waals surface area contributed by atoms with Crippen LogP contribution in [0.2, 0.25) is 0 Å². The van der Waals surface area contributed by atoms with Gasteiger partial charge >= 0.3 is 0 Å². The van der Waals surface area contributed by atoms with E-state index in [0.717, 1.165) is 0 Å². The minimum atomic E-state index is 0.478. The van der Waals surface area contributed by atoms with Crippen LogP contribution in [0.1, 0.15) is 0 Å². The summed E-state index contributed by atoms with van der Waals surface area (Å²) in [5.41, 5.74) is 0. The molecule has 0 atom stereocenters. The van der Waals surface area contributed by atoms with Gasteiger partial charge in [-0.25, -0.2) is 4.52 Å². The second-order valence-electron chi connectivity index (χ2n) is 3.06. The van der Waals surface area contributed by atoms with Crippen molar-refractivity contribution in [1.29, 1.82) is 0 Å². The number of hydrogen-bond acceptors (Lipinski definition) is 5. The van der Waals surface area contributed by atoms with Crippen molar-refractivity contribution in [2.75, 3.05) is 0 Å². The van der Waals surface area contributed by atoms with E-state index in [2.05, 4.69) is 20.1 Å². The van der Waals surface area contributed by atoms with Crippen LogP contribution in [0.4, 0.5) is 0 Å². The third kappa shape index (κ3) is 1.56. The quantitative estimate of drug-likeness (QED) is 0.642. The molecule has 0 bridgehead atoms. The Morgan fingerprint density at radius 2 is 2.00 bits per heavy atom. The van der Waals surface area contributed by atoms with Crippen LogP contribution in [0, 0.1) is 0 Å². The molecule has 3 aromatic rings. The molecule has 3 heterocycles. The minimum Gasteiger partial charge on any atom is -0.439 e. The van der Waals surface area contributed by atoms with Gasteiger partial charge in [-0.2, -0.15) is 15.1 Å². The van der Waals surface area contributed by atoms with Crippen molar-refractivity contribution in [1.82, 2.24) is 24.6 Å². The number of ether oxygens (including phenoxy) is 1. The van der Waals surface area contributed by atoms with Gasteiger partial charge in [0, 0.05) is 24.7 Å². The lowest BCUT2D eigenvalue weighted by Gasteiger charge is -2.03. The van der Waals surface area contributed by atoms with E-state index in [4.69, 9.17) is 4.74 Å². The van der Waals surface area contributed by atoms with Crippen LogP contribution in [-0.2, 0) is 0 Å². The normalized spacial score (nSPS) is 10.5. The van der Waals surface area contributed by atoms with Crippen molar-refractivity contribution in [2.24, 2.45) is 0 Å².